The number of nitrogens with one attached hydrogen (secondary N) is 1. The lowest BCUT2D eigenvalue weighted by Crippen LogP contribution is -2.16. The number of hydrogen-bond donors (Lipinski definition) is 3. The lowest BCUT2D eigenvalue weighted by Gasteiger charge is -2.16. The number of rotatable bonds is 4. The van der Waals surface area contributed by atoms with E-state index in [9.17, 15) is 8.42 Å². The highest BCUT2D eigenvalue weighted by atomic mass is 35.5. The van der Waals surface area contributed by atoms with Gasteiger partial charge >= 0.3 is 0 Å². The van der Waals surface area contributed by atoms with Crippen LogP contribution in [0, 0.1) is 0 Å². The van der Waals surface area contributed by atoms with Crippen LogP contribution in [0.3, 0.4) is 0 Å². The summed E-state index contributed by atoms with van der Waals surface area (Å²) in [5.74, 6) is 0. The molecule has 1 atom stereocenters. The average molecular weight is 332 g/mol. The molecular formula is C12H14ClN3O2S2. The van der Waals surface area contributed by atoms with E-state index in [1.165, 1.54) is 17.4 Å². The highest BCUT2D eigenvalue weighted by Crippen LogP contribution is 2.31. The lowest BCUT2D eigenvalue weighted by atomic mass is 10.2. The third-order valence-corrected chi connectivity index (χ3v) is 5.07. The molecule has 5 nitrogen and oxygen atoms in total. The minimum atomic E-state index is -3.84. The summed E-state index contributed by atoms with van der Waals surface area (Å²) in [5, 5.41) is 8.31. The van der Waals surface area contributed by atoms with Crippen molar-refractivity contribution in [1.82, 2.24) is 0 Å². The predicted octanol–water partition coefficient (Wildman–Crippen LogP) is 2.80. The van der Waals surface area contributed by atoms with Crippen molar-refractivity contribution >= 4 is 44.3 Å². The zero-order valence-corrected chi connectivity index (χ0v) is 13.0. The van der Waals surface area contributed by atoms with Gasteiger partial charge in [-0.15, -0.1) is 11.3 Å². The summed E-state index contributed by atoms with van der Waals surface area (Å²) in [7, 11) is -3.84. The number of hydrogen-bond acceptors (Lipinski definition) is 5. The maximum absolute atomic E-state index is 11.6. The molecule has 1 heterocycles. The summed E-state index contributed by atoms with van der Waals surface area (Å²) in [4.78, 5) is 0.971. The Bertz CT molecular complexity index is 728. The molecule has 1 unspecified atom stereocenters. The van der Waals surface area contributed by atoms with Crippen molar-refractivity contribution in [3.63, 3.8) is 0 Å². The van der Waals surface area contributed by atoms with E-state index in [4.69, 9.17) is 22.5 Å². The van der Waals surface area contributed by atoms with E-state index in [0.717, 1.165) is 4.88 Å². The van der Waals surface area contributed by atoms with Crippen molar-refractivity contribution in [3.8, 4) is 0 Å². The van der Waals surface area contributed by atoms with Crippen molar-refractivity contribution in [2.45, 2.75) is 17.9 Å². The Labute approximate surface area is 126 Å². The molecule has 2 aromatic rings. The number of halogens is 1. The number of primary sulfonamides is 1. The van der Waals surface area contributed by atoms with Gasteiger partial charge in [0.2, 0.25) is 10.0 Å². The number of benzene rings is 1. The fourth-order valence-corrected chi connectivity index (χ4v) is 3.56. The second-order valence-corrected chi connectivity index (χ2v) is 7.59. The second kappa shape index (κ2) is 5.61. The van der Waals surface area contributed by atoms with Gasteiger partial charge in [-0.3, -0.25) is 0 Å². The van der Waals surface area contributed by atoms with Crippen molar-refractivity contribution in [1.29, 1.82) is 0 Å². The fraction of sp³-hybridized carbons (Fsp3) is 0.167. The third-order valence-electron chi connectivity index (χ3n) is 2.70. The van der Waals surface area contributed by atoms with Crippen molar-refractivity contribution < 1.29 is 8.42 Å². The Hall–Kier alpha value is -1.28. The Morgan fingerprint density at radius 3 is 2.55 bits per heavy atom. The van der Waals surface area contributed by atoms with Gasteiger partial charge < -0.3 is 11.1 Å². The first kappa shape index (κ1) is 15.1. The third kappa shape index (κ3) is 3.43. The maximum Gasteiger partial charge on any atom is 0.240 e. The van der Waals surface area contributed by atoms with E-state index in [1.807, 2.05) is 13.0 Å². The van der Waals surface area contributed by atoms with Gasteiger partial charge in [-0.1, -0.05) is 11.6 Å². The summed E-state index contributed by atoms with van der Waals surface area (Å²) >= 11 is 7.32. The topological polar surface area (TPSA) is 98.2 Å². The Balaban J connectivity index is 2.34. The highest BCUT2D eigenvalue weighted by Gasteiger charge is 2.17. The first-order chi connectivity index (χ1) is 9.27. The van der Waals surface area contributed by atoms with Gasteiger partial charge in [-0.05, 0) is 37.3 Å². The maximum atomic E-state index is 11.6. The summed E-state index contributed by atoms with van der Waals surface area (Å²) < 4.78 is 23.9. The van der Waals surface area contributed by atoms with E-state index in [0.29, 0.717) is 15.7 Å². The zero-order chi connectivity index (χ0) is 14.9. The van der Waals surface area contributed by atoms with E-state index in [-0.39, 0.29) is 10.9 Å². The van der Waals surface area contributed by atoms with E-state index < -0.39 is 10.0 Å². The molecule has 108 valence electrons. The van der Waals surface area contributed by atoms with Crippen LogP contribution in [0.25, 0.3) is 0 Å². The van der Waals surface area contributed by atoms with E-state index in [2.05, 4.69) is 5.32 Å². The number of thiophene rings is 1. The Kier molecular flexibility index (Phi) is 4.24. The van der Waals surface area contributed by atoms with Crippen molar-refractivity contribution in [2.75, 3.05) is 11.1 Å². The molecule has 0 bridgehead atoms. The molecule has 0 saturated carbocycles. The smallest absolute Gasteiger partial charge is 0.240 e. The lowest BCUT2D eigenvalue weighted by molar-refractivity contribution is 0.598. The van der Waals surface area contributed by atoms with E-state index >= 15 is 0 Å². The molecule has 0 aliphatic heterocycles. The van der Waals surface area contributed by atoms with Crippen LogP contribution >= 0.6 is 22.9 Å². The number of sulfonamides is 1. The summed E-state index contributed by atoms with van der Waals surface area (Å²) in [5.41, 5.74) is 6.36. The molecule has 0 amide bonds. The first-order valence-electron chi connectivity index (χ1n) is 5.71. The largest absolute Gasteiger partial charge is 0.399 e. The van der Waals surface area contributed by atoms with Crippen LogP contribution in [0.15, 0.2) is 35.2 Å². The molecule has 0 aliphatic carbocycles. The van der Waals surface area contributed by atoms with Crippen LogP contribution in [-0.2, 0) is 10.0 Å². The van der Waals surface area contributed by atoms with Crippen LogP contribution in [0.4, 0.5) is 11.4 Å². The second-order valence-electron chi connectivity index (χ2n) is 4.31. The Morgan fingerprint density at radius 1 is 1.30 bits per heavy atom. The van der Waals surface area contributed by atoms with Gasteiger partial charge in [-0.2, -0.15) is 0 Å². The molecule has 1 aromatic heterocycles. The molecule has 0 fully saturated rings. The molecular weight excluding hydrogens is 318 g/mol. The van der Waals surface area contributed by atoms with Gasteiger partial charge in [0.15, 0.2) is 0 Å². The van der Waals surface area contributed by atoms with Gasteiger partial charge in [-0.25, -0.2) is 13.6 Å². The summed E-state index contributed by atoms with van der Waals surface area (Å²) in [6.07, 6.45) is 0. The molecule has 20 heavy (non-hydrogen) atoms. The normalized spacial score (nSPS) is 13.2. The summed E-state index contributed by atoms with van der Waals surface area (Å²) in [6, 6.07) is 8.14. The molecule has 5 N–H and O–H groups in total. The van der Waals surface area contributed by atoms with Crippen LogP contribution < -0.4 is 16.2 Å². The molecule has 1 aromatic carbocycles. The monoisotopic (exact) mass is 331 g/mol. The van der Waals surface area contributed by atoms with Crippen LogP contribution in [0.2, 0.25) is 4.34 Å². The fourth-order valence-electron chi connectivity index (χ4n) is 1.76. The quantitative estimate of drug-likeness (QED) is 0.750. The standard InChI is InChI=1S/C12H14ClN3O2S2/c1-7(10-4-5-12(13)19-10)16-9-3-2-8(14)6-11(9)20(15,17)18/h2-7,16H,14H2,1H3,(H2,15,17,18). The SMILES string of the molecule is CC(Nc1ccc(N)cc1S(N)(=O)=O)c1ccc(Cl)s1. The molecule has 2 rings (SSSR count). The van der Waals surface area contributed by atoms with Crippen LogP contribution in [0.5, 0.6) is 0 Å². The van der Waals surface area contributed by atoms with Gasteiger partial charge in [0.25, 0.3) is 0 Å². The first-order valence-corrected chi connectivity index (χ1v) is 8.45. The van der Waals surface area contributed by atoms with E-state index in [1.54, 1.807) is 18.2 Å². The van der Waals surface area contributed by atoms with Gasteiger partial charge in [0.05, 0.1) is 16.1 Å². The van der Waals surface area contributed by atoms with Crippen molar-refractivity contribution in [2.24, 2.45) is 5.14 Å². The number of nitrogens with two attached hydrogens (primary N) is 2. The average Bonchev–Trinajstić information content (AvgIpc) is 2.77. The van der Waals surface area contributed by atoms with Gasteiger partial charge in [0.1, 0.15) is 4.90 Å². The minimum Gasteiger partial charge on any atom is -0.399 e. The zero-order valence-electron chi connectivity index (χ0n) is 10.6. The number of nitrogen functional groups attached to an aromatic ring is 1. The van der Waals surface area contributed by atoms with Crippen LogP contribution in [0.1, 0.15) is 17.8 Å². The predicted molar refractivity (Wildman–Crippen MR) is 83.6 cm³/mol. The molecule has 0 radical (unpaired) electrons. The summed E-state index contributed by atoms with van der Waals surface area (Å²) in [6.45, 7) is 1.91. The van der Waals surface area contributed by atoms with Crippen LogP contribution in [-0.4, -0.2) is 8.42 Å². The van der Waals surface area contributed by atoms with Crippen molar-refractivity contribution in [3.05, 3.63) is 39.5 Å². The molecule has 0 spiro atoms. The molecule has 0 aliphatic rings. The van der Waals surface area contributed by atoms with Gasteiger partial charge in [0, 0.05) is 10.6 Å². The highest BCUT2D eigenvalue weighted by molar-refractivity contribution is 7.89. The Morgan fingerprint density at radius 2 is 2.00 bits per heavy atom. The minimum absolute atomic E-state index is 0.0213. The molecule has 8 heteroatoms. The molecule has 0 saturated heterocycles. The number of anilines is 2.